The summed E-state index contributed by atoms with van der Waals surface area (Å²) < 4.78 is 40.2. The number of aryl methyl sites for hydroxylation is 3. The molecule has 0 saturated carbocycles. The van der Waals surface area contributed by atoms with Crippen LogP contribution in [-0.2, 0) is 13.2 Å². The van der Waals surface area contributed by atoms with E-state index < -0.39 is 11.7 Å². The second kappa shape index (κ2) is 4.68. The smallest absolute Gasteiger partial charge is 0.201 e. The summed E-state index contributed by atoms with van der Waals surface area (Å²) in [6, 6.07) is 8.08. The zero-order chi connectivity index (χ0) is 14.2. The van der Waals surface area contributed by atoms with E-state index in [1.165, 1.54) is 12.1 Å². The average Bonchev–Trinajstić information content (AvgIpc) is 2.29. The number of nitrogens with zero attached hydrogens (tertiary/aromatic N) is 1. The Morgan fingerprint density at radius 2 is 1.58 bits per heavy atom. The molecular formula is C15H15F3N+. The largest absolute Gasteiger partial charge is 0.416 e. The van der Waals surface area contributed by atoms with Crippen LogP contribution in [0.25, 0.3) is 11.3 Å². The highest BCUT2D eigenvalue weighted by molar-refractivity contribution is 5.66. The minimum atomic E-state index is -4.30. The van der Waals surface area contributed by atoms with Gasteiger partial charge in [0.05, 0.1) is 11.1 Å². The molecule has 0 aliphatic carbocycles. The fourth-order valence-electron chi connectivity index (χ4n) is 2.31. The third-order valence-electron chi connectivity index (χ3n) is 3.17. The Kier molecular flexibility index (Phi) is 3.35. The van der Waals surface area contributed by atoms with Crippen molar-refractivity contribution in [3.05, 3.63) is 53.2 Å². The number of halogens is 3. The lowest BCUT2D eigenvalue weighted by Crippen LogP contribution is -2.30. The standard InChI is InChI=1S/C15H15F3N/c1-10-8-12(15(16,17)18)9-11(2)14(10)13-6-4-5-7-19(13)3/h4-9H,1-3H3/q+1. The molecule has 0 aliphatic heterocycles. The van der Waals surface area contributed by atoms with Gasteiger partial charge < -0.3 is 0 Å². The molecule has 100 valence electrons. The van der Waals surface area contributed by atoms with Crippen molar-refractivity contribution in [3.63, 3.8) is 0 Å². The Hall–Kier alpha value is -1.84. The van der Waals surface area contributed by atoms with Gasteiger partial charge in [0.2, 0.25) is 5.69 Å². The molecular weight excluding hydrogens is 251 g/mol. The van der Waals surface area contributed by atoms with Crippen molar-refractivity contribution >= 4 is 0 Å². The molecule has 0 saturated heterocycles. The first-order valence-corrected chi connectivity index (χ1v) is 5.94. The summed E-state index contributed by atoms with van der Waals surface area (Å²) in [5, 5.41) is 0. The van der Waals surface area contributed by atoms with E-state index in [0.29, 0.717) is 11.1 Å². The van der Waals surface area contributed by atoms with Crippen LogP contribution in [0.1, 0.15) is 16.7 Å². The minimum absolute atomic E-state index is 0.593. The molecule has 1 aromatic heterocycles. The van der Waals surface area contributed by atoms with E-state index in [1.807, 2.05) is 36.0 Å². The lowest BCUT2D eigenvalue weighted by Gasteiger charge is -2.13. The van der Waals surface area contributed by atoms with Crippen LogP contribution in [0.2, 0.25) is 0 Å². The summed E-state index contributed by atoms with van der Waals surface area (Å²) in [4.78, 5) is 0. The fourth-order valence-corrected chi connectivity index (χ4v) is 2.31. The minimum Gasteiger partial charge on any atom is -0.201 e. The van der Waals surface area contributed by atoms with E-state index in [2.05, 4.69) is 0 Å². The highest BCUT2D eigenvalue weighted by Gasteiger charge is 2.32. The molecule has 1 heterocycles. The highest BCUT2D eigenvalue weighted by atomic mass is 19.4. The maximum Gasteiger partial charge on any atom is 0.416 e. The molecule has 0 aliphatic rings. The molecule has 0 bridgehead atoms. The van der Waals surface area contributed by atoms with Gasteiger partial charge in [-0.05, 0) is 43.2 Å². The van der Waals surface area contributed by atoms with Crippen molar-refractivity contribution in [3.8, 4) is 11.3 Å². The van der Waals surface area contributed by atoms with Gasteiger partial charge in [-0.1, -0.05) is 0 Å². The van der Waals surface area contributed by atoms with Crippen molar-refractivity contribution in [2.24, 2.45) is 7.05 Å². The van der Waals surface area contributed by atoms with Crippen LogP contribution in [0, 0.1) is 13.8 Å². The Bertz CT molecular complexity index is 592. The van der Waals surface area contributed by atoms with E-state index in [-0.39, 0.29) is 0 Å². The van der Waals surface area contributed by atoms with Gasteiger partial charge in [-0.25, -0.2) is 4.57 Å². The lowest BCUT2D eigenvalue weighted by atomic mass is 9.96. The van der Waals surface area contributed by atoms with E-state index in [1.54, 1.807) is 13.8 Å². The van der Waals surface area contributed by atoms with E-state index in [9.17, 15) is 13.2 Å². The molecule has 0 amide bonds. The Morgan fingerprint density at radius 1 is 1.00 bits per heavy atom. The SMILES string of the molecule is Cc1cc(C(F)(F)F)cc(C)c1-c1cccc[n+]1C. The topological polar surface area (TPSA) is 3.88 Å². The number of aromatic nitrogens is 1. The summed E-state index contributed by atoms with van der Waals surface area (Å²) in [6.45, 7) is 3.43. The zero-order valence-electron chi connectivity index (χ0n) is 11.0. The van der Waals surface area contributed by atoms with Gasteiger partial charge in [-0.2, -0.15) is 13.2 Å². The van der Waals surface area contributed by atoms with Gasteiger partial charge in [0.25, 0.3) is 0 Å². The molecule has 0 spiro atoms. The molecule has 1 nitrogen and oxygen atoms in total. The molecule has 4 heteroatoms. The summed E-state index contributed by atoms with van der Waals surface area (Å²) in [7, 11) is 1.88. The van der Waals surface area contributed by atoms with Crippen molar-refractivity contribution in [2.45, 2.75) is 20.0 Å². The predicted molar refractivity (Wildman–Crippen MR) is 67.5 cm³/mol. The van der Waals surface area contributed by atoms with Crippen LogP contribution in [0.5, 0.6) is 0 Å². The second-order valence-corrected chi connectivity index (χ2v) is 4.68. The molecule has 0 radical (unpaired) electrons. The number of alkyl halides is 3. The summed E-state index contributed by atoms with van der Waals surface area (Å²) >= 11 is 0. The Labute approximate surface area is 110 Å². The van der Waals surface area contributed by atoms with Crippen LogP contribution in [0.15, 0.2) is 36.5 Å². The first-order valence-electron chi connectivity index (χ1n) is 5.94. The van der Waals surface area contributed by atoms with E-state index in [4.69, 9.17) is 0 Å². The molecule has 0 fully saturated rings. The first kappa shape index (κ1) is 13.6. The lowest BCUT2D eigenvalue weighted by molar-refractivity contribution is -0.660. The Morgan fingerprint density at radius 3 is 2.05 bits per heavy atom. The summed E-state index contributed by atoms with van der Waals surface area (Å²) in [5.41, 5.74) is 2.44. The van der Waals surface area contributed by atoms with Crippen molar-refractivity contribution < 1.29 is 17.7 Å². The summed E-state index contributed by atoms with van der Waals surface area (Å²) in [5.74, 6) is 0. The van der Waals surface area contributed by atoms with Crippen molar-refractivity contribution in [2.75, 3.05) is 0 Å². The van der Waals surface area contributed by atoms with Crippen LogP contribution >= 0.6 is 0 Å². The normalized spacial score (nSPS) is 11.7. The quantitative estimate of drug-likeness (QED) is 0.691. The molecule has 1 aromatic carbocycles. The molecule has 2 aromatic rings. The number of rotatable bonds is 1. The Balaban J connectivity index is 2.65. The van der Waals surface area contributed by atoms with Gasteiger partial charge in [0.1, 0.15) is 7.05 Å². The zero-order valence-corrected chi connectivity index (χ0v) is 11.0. The molecule has 0 atom stereocenters. The average molecular weight is 266 g/mol. The third-order valence-corrected chi connectivity index (χ3v) is 3.17. The number of benzene rings is 1. The maximum absolute atomic E-state index is 12.8. The van der Waals surface area contributed by atoms with E-state index in [0.717, 1.165) is 11.3 Å². The van der Waals surface area contributed by atoms with Gasteiger partial charge in [-0.3, -0.25) is 0 Å². The van der Waals surface area contributed by atoms with Gasteiger partial charge in [0, 0.05) is 12.1 Å². The van der Waals surface area contributed by atoms with Gasteiger partial charge in [-0.15, -0.1) is 0 Å². The number of hydrogen-bond acceptors (Lipinski definition) is 0. The molecule has 2 rings (SSSR count). The monoisotopic (exact) mass is 266 g/mol. The van der Waals surface area contributed by atoms with Crippen LogP contribution < -0.4 is 4.57 Å². The number of pyridine rings is 1. The van der Waals surface area contributed by atoms with Crippen LogP contribution in [0.4, 0.5) is 13.2 Å². The van der Waals surface area contributed by atoms with Gasteiger partial charge in [0.15, 0.2) is 6.20 Å². The molecule has 0 N–H and O–H groups in total. The maximum atomic E-state index is 12.8. The highest BCUT2D eigenvalue weighted by Crippen LogP contribution is 2.34. The fraction of sp³-hybridized carbons (Fsp3) is 0.267. The predicted octanol–water partition coefficient (Wildman–Crippen LogP) is 3.81. The number of hydrogen-bond donors (Lipinski definition) is 0. The molecule has 19 heavy (non-hydrogen) atoms. The first-order chi connectivity index (χ1) is 8.80. The second-order valence-electron chi connectivity index (χ2n) is 4.68. The van der Waals surface area contributed by atoms with Crippen molar-refractivity contribution in [1.29, 1.82) is 0 Å². The van der Waals surface area contributed by atoms with Crippen molar-refractivity contribution in [1.82, 2.24) is 0 Å². The van der Waals surface area contributed by atoms with Crippen LogP contribution in [-0.4, -0.2) is 0 Å². The molecule has 0 unspecified atom stereocenters. The van der Waals surface area contributed by atoms with Crippen LogP contribution in [0.3, 0.4) is 0 Å². The van der Waals surface area contributed by atoms with E-state index >= 15 is 0 Å². The van der Waals surface area contributed by atoms with Gasteiger partial charge >= 0.3 is 6.18 Å². The third kappa shape index (κ3) is 2.62. The summed E-state index contributed by atoms with van der Waals surface area (Å²) in [6.07, 6.45) is -2.42.